The molecule has 4 rings (SSSR count). The number of amidine groups is 1. The SMILES string of the molecule is CC1CC(=O)Nc2cccc(c2)C(CCC(=O)O)NC(=O)C(Nc2ccc(C(=N)N)cc2)c2ccc(OCC(F)F)c1c2. The zero-order valence-corrected chi connectivity index (χ0v) is 23.4. The number of amides is 2. The van der Waals surface area contributed by atoms with Crippen molar-refractivity contribution in [3.8, 4) is 5.75 Å². The lowest BCUT2D eigenvalue weighted by Crippen LogP contribution is -2.36. The summed E-state index contributed by atoms with van der Waals surface area (Å²) in [6, 6.07) is 16.4. The first-order chi connectivity index (χ1) is 20.5. The molecule has 3 unspecified atom stereocenters. The number of nitrogens with two attached hydrogens (primary N) is 1. The lowest BCUT2D eigenvalue weighted by atomic mass is 9.91. The Balaban J connectivity index is 1.81. The maximum Gasteiger partial charge on any atom is 0.303 e. The van der Waals surface area contributed by atoms with Crippen LogP contribution in [-0.4, -0.2) is 41.8 Å². The second-order valence-electron chi connectivity index (χ2n) is 10.3. The molecule has 0 spiro atoms. The van der Waals surface area contributed by atoms with Gasteiger partial charge < -0.3 is 31.5 Å². The fraction of sp³-hybridized carbons (Fsp3) is 0.290. The molecule has 4 bridgehead atoms. The third kappa shape index (κ3) is 8.28. The number of carboxylic acids is 1. The molecule has 2 amide bonds. The van der Waals surface area contributed by atoms with Gasteiger partial charge in [0.25, 0.3) is 6.43 Å². The number of rotatable bonds is 9. The van der Waals surface area contributed by atoms with Crippen molar-refractivity contribution >= 4 is 35.0 Å². The second kappa shape index (κ2) is 13.8. The summed E-state index contributed by atoms with van der Waals surface area (Å²) in [5, 5.41) is 26.0. The number of aliphatic carboxylic acids is 1. The third-order valence-corrected chi connectivity index (χ3v) is 7.06. The molecule has 0 radical (unpaired) electrons. The number of ether oxygens (including phenoxy) is 1. The summed E-state index contributed by atoms with van der Waals surface area (Å²) >= 11 is 0. The number of alkyl halides is 2. The van der Waals surface area contributed by atoms with E-state index < -0.39 is 42.9 Å². The van der Waals surface area contributed by atoms with Crippen molar-refractivity contribution in [3.63, 3.8) is 0 Å². The van der Waals surface area contributed by atoms with Crippen LogP contribution in [0.3, 0.4) is 0 Å². The zero-order chi connectivity index (χ0) is 31.1. The number of nitrogens with one attached hydrogen (secondary N) is 4. The van der Waals surface area contributed by atoms with E-state index >= 15 is 0 Å². The second-order valence-corrected chi connectivity index (χ2v) is 10.3. The molecule has 226 valence electrons. The van der Waals surface area contributed by atoms with Gasteiger partial charge in [0, 0.05) is 29.8 Å². The molecule has 3 atom stereocenters. The average molecular weight is 594 g/mol. The maximum atomic E-state index is 14.0. The number of anilines is 2. The number of hydrogen-bond donors (Lipinski definition) is 6. The van der Waals surface area contributed by atoms with Crippen molar-refractivity contribution in [2.75, 3.05) is 17.2 Å². The van der Waals surface area contributed by atoms with Gasteiger partial charge in [-0.2, -0.15) is 0 Å². The molecular formula is C31H33F2N5O5. The standard InChI is InChI=1S/C31H33F2N5O5/c1-17-13-27(39)36-22-4-2-3-19(14-22)24(10-12-28(40)41)38-31(42)29(37-21-8-5-18(6-9-21)30(34)35)20-7-11-25(23(17)15-20)43-16-26(32)33/h2-9,11,14-15,17,24,26,29,37H,10,12-13,16H2,1H3,(H3,34,35)(H,36,39)(H,38,42)(H,40,41). The van der Waals surface area contributed by atoms with E-state index in [0.717, 1.165) is 0 Å². The van der Waals surface area contributed by atoms with Crippen LogP contribution in [-0.2, 0) is 14.4 Å². The van der Waals surface area contributed by atoms with Gasteiger partial charge in [-0.25, -0.2) is 8.78 Å². The van der Waals surface area contributed by atoms with E-state index in [1.54, 1.807) is 67.6 Å². The first-order valence-electron chi connectivity index (χ1n) is 13.7. The van der Waals surface area contributed by atoms with Gasteiger partial charge >= 0.3 is 5.97 Å². The summed E-state index contributed by atoms with van der Waals surface area (Å²) in [6.45, 7) is 0.926. The van der Waals surface area contributed by atoms with Gasteiger partial charge in [0.15, 0.2) is 0 Å². The lowest BCUT2D eigenvalue weighted by molar-refractivity contribution is -0.137. The van der Waals surface area contributed by atoms with Crippen molar-refractivity contribution < 1.29 is 33.0 Å². The topological polar surface area (TPSA) is 167 Å². The van der Waals surface area contributed by atoms with Gasteiger partial charge in [-0.15, -0.1) is 0 Å². The molecule has 0 saturated heterocycles. The molecule has 43 heavy (non-hydrogen) atoms. The first kappa shape index (κ1) is 30.9. The Hall–Kier alpha value is -5.00. The molecule has 1 aliphatic rings. The van der Waals surface area contributed by atoms with Gasteiger partial charge in [0.1, 0.15) is 24.2 Å². The number of carbonyl (C=O) groups is 3. The summed E-state index contributed by atoms with van der Waals surface area (Å²) in [6.07, 6.45) is -2.85. The fourth-order valence-electron chi connectivity index (χ4n) is 4.91. The van der Waals surface area contributed by atoms with E-state index in [9.17, 15) is 28.3 Å². The molecule has 3 aromatic carbocycles. The monoisotopic (exact) mass is 593 g/mol. The van der Waals surface area contributed by atoms with E-state index in [0.29, 0.717) is 33.6 Å². The van der Waals surface area contributed by atoms with E-state index in [1.165, 1.54) is 6.07 Å². The molecule has 0 aliphatic carbocycles. The van der Waals surface area contributed by atoms with E-state index in [4.69, 9.17) is 15.9 Å². The van der Waals surface area contributed by atoms with Gasteiger partial charge in [0.05, 0.1) is 6.04 Å². The molecule has 7 N–H and O–H groups in total. The highest BCUT2D eigenvalue weighted by molar-refractivity contribution is 5.95. The molecular weight excluding hydrogens is 560 g/mol. The minimum Gasteiger partial charge on any atom is -0.487 e. The molecule has 0 saturated carbocycles. The third-order valence-electron chi connectivity index (χ3n) is 7.06. The maximum absolute atomic E-state index is 14.0. The summed E-state index contributed by atoms with van der Waals surface area (Å²) in [5.41, 5.74) is 8.59. The van der Waals surface area contributed by atoms with Crippen LogP contribution < -0.4 is 26.4 Å². The predicted octanol–water partition coefficient (Wildman–Crippen LogP) is 4.94. The predicted molar refractivity (Wildman–Crippen MR) is 158 cm³/mol. The molecule has 3 aromatic rings. The smallest absolute Gasteiger partial charge is 0.303 e. The molecule has 1 aliphatic heterocycles. The van der Waals surface area contributed by atoms with Crippen LogP contribution in [0.15, 0.2) is 66.7 Å². The van der Waals surface area contributed by atoms with Crippen LogP contribution in [0.25, 0.3) is 0 Å². The quantitative estimate of drug-likeness (QED) is 0.151. The van der Waals surface area contributed by atoms with Crippen molar-refractivity contribution in [2.24, 2.45) is 5.73 Å². The van der Waals surface area contributed by atoms with Crippen LogP contribution >= 0.6 is 0 Å². The zero-order valence-electron chi connectivity index (χ0n) is 23.4. The largest absolute Gasteiger partial charge is 0.487 e. The average Bonchev–Trinajstić information content (AvgIpc) is 2.96. The van der Waals surface area contributed by atoms with Crippen LogP contribution in [0.2, 0.25) is 0 Å². The van der Waals surface area contributed by atoms with Gasteiger partial charge in [0.2, 0.25) is 11.8 Å². The minimum atomic E-state index is -2.71. The van der Waals surface area contributed by atoms with Gasteiger partial charge in [-0.3, -0.25) is 19.8 Å². The number of hydrogen-bond acceptors (Lipinski definition) is 6. The molecule has 12 heteroatoms. The number of halogens is 2. The van der Waals surface area contributed by atoms with Crippen molar-refractivity contribution in [1.29, 1.82) is 5.41 Å². The number of benzene rings is 3. The summed E-state index contributed by atoms with van der Waals surface area (Å²) in [5.74, 6) is -2.25. The summed E-state index contributed by atoms with van der Waals surface area (Å²) in [4.78, 5) is 38.4. The summed E-state index contributed by atoms with van der Waals surface area (Å²) in [7, 11) is 0. The van der Waals surface area contributed by atoms with E-state index in [1.807, 2.05) is 0 Å². The Morgan fingerprint density at radius 2 is 1.86 bits per heavy atom. The van der Waals surface area contributed by atoms with Crippen LogP contribution in [0.4, 0.5) is 20.2 Å². The van der Waals surface area contributed by atoms with Crippen LogP contribution in [0.5, 0.6) is 5.75 Å². The molecule has 1 heterocycles. The van der Waals surface area contributed by atoms with Crippen molar-refractivity contribution in [2.45, 2.75) is 50.6 Å². The highest BCUT2D eigenvalue weighted by atomic mass is 19.3. The Bertz CT molecular complexity index is 1500. The first-order valence-corrected chi connectivity index (χ1v) is 13.7. The Labute approximate surface area is 247 Å². The minimum absolute atomic E-state index is 0.00202. The molecule has 10 nitrogen and oxygen atoms in total. The normalized spacial score (nSPS) is 18.7. The van der Waals surface area contributed by atoms with Gasteiger partial charge in [-0.1, -0.05) is 25.1 Å². The van der Waals surface area contributed by atoms with Gasteiger partial charge in [-0.05, 0) is 77.6 Å². The van der Waals surface area contributed by atoms with Crippen LogP contribution in [0.1, 0.15) is 66.4 Å². The highest BCUT2D eigenvalue weighted by Crippen LogP contribution is 2.34. The fourth-order valence-corrected chi connectivity index (χ4v) is 4.91. The molecule has 0 aromatic heterocycles. The van der Waals surface area contributed by atoms with Crippen molar-refractivity contribution in [1.82, 2.24) is 5.32 Å². The lowest BCUT2D eigenvalue weighted by Gasteiger charge is -2.27. The number of fused-ring (bicyclic) bond motifs is 4. The van der Waals surface area contributed by atoms with E-state index in [2.05, 4.69) is 16.0 Å². The van der Waals surface area contributed by atoms with Crippen LogP contribution in [0, 0.1) is 5.41 Å². The summed E-state index contributed by atoms with van der Waals surface area (Å²) < 4.78 is 31.4. The highest BCUT2D eigenvalue weighted by Gasteiger charge is 2.28. The number of nitrogen functional groups attached to an aromatic ring is 1. The van der Waals surface area contributed by atoms with E-state index in [-0.39, 0.29) is 36.8 Å². The Morgan fingerprint density at radius 3 is 2.53 bits per heavy atom. The number of carboxylic acid groups (broad SMARTS) is 1. The molecule has 0 fully saturated rings. The number of carbonyl (C=O) groups excluding carboxylic acids is 2. The Morgan fingerprint density at radius 1 is 1.12 bits per heavy atom. The van der Waals surface area contributed by atoms with Crippen molar-refractivity contribution in [3.05, 3.63) is 89.0 Å². The Kier molecular flexibility index (Phi) is 9.91.